The van der Waals surface area contributed by atoms with Gasteiger partial charge in [-0.05, 0) is 51.3 Å². The first-order valence-corrected chi connectivity index (χ1v) is 10.3. The first-order chi connectivity index (χ1) is 11.9. The third-order valence-electron chi connectivity index (χ3n) is 4.70. The first-order valence-electron chi connectivity index (χ1n) is 8.77. The van der Waals surface area contributed by atoms with Crippen molar-refractivity contribution in [1.82, 2.24) is 14.5 Å². The summed E-state index contributed by atoms with van der Waals surface area (Å²) < 4.78 is 29.9. The zero-order valence-corrected chi connectivity index (χ0v) is 15.9. The van der Waals surface area contributed by atoms with Gasteiger partial charge in [0.15, 0.2) is 0 Å². The molecule has 2 heterocycles. The highest BCUT2D eigenvalue weighted by atomic mass is 32.2. The van der Waals surface area contributed by atoms with Crippen molar-refractivity contribution in [3.63, 3.8) is 0 Å². The third kappa shape index (κ3) is 4.04. The van der Waals surface area contributed by atoms with Crippen LogP contribution in [0.1, 0.15) is 31.0 Å². The molecule has 1 aliphatic rings. The third-order valence-corrected chi connectivity index (χ3v) is 6.32. The number of hydrogen-bond donors (Lipinski definition) is 1. The van der Waals surface area contributed by atoms with E-state index >= 15 is 0 Å². The maximum atomic E-state index is 12.7. The van der Waals surface area contributed by atoms with Gasteiger partial charge in [0.1, 0.15) is 4.90 Å². The largest absolute Gasteiger partial charge is 0.371 e. The average molecular weight is 362 g/mol. The number of hydrogen-bond acceptors (Lipinski definition) is 4. The molecule has 0 radical (unpaired) electrons. The minimum Gasteiger partial charge on any atom is -0.371 e. The summed E-state index contributed by atoms with van der Waals surface area (Å²) in [6, 6.07) is 8.40. The summed E-state index contributed by atoms with van der Waals surface area (Å²) in [6.45, 7) is 8.13. The fraction of sp³-hybridized carbons (Fsp3) is 0.500. The Labute approximate surface area is 149 Å². The lowest BCUT2D eigenvalue weighted by atomic mass is 10.1. The van der Waals surface area contributed by atoms with Gasteiger partial charge >= 0.3 is 0 Å². The summed E-state index contributed by atoms with van der Waals surface area (Å²) in [5.74, 6) is 0. The summed E-state index contributed by atoms with van der Waals surface area (Å²) in [7, 11) is -3.52. The minimum atomic E-state index is -3.52. The smallest absolute Gasteiger partial charge is 0.244 e. The summed E-state index contributed by atoms with van der Waals surface area (Å²) in [5.41, 5.74) is 3.00. The van der Waals surface area contributed by atoms with Gasteiger partial charge in [0, 0.05) is 37.6 Å². The van der Waals surface area contributed by atoms with E-state index in [0.29, 0.717) is 12.2 Å². The van der Waals surface area contributed by atoms with Crippen LogP contribution in [0.5, 0.6) is 0 Å². The Morgan fingerprint density at radius 3 is 2.56 bits per heavy atom. The van der Waals surface area contributed by atoms with Crippen LogP contribution in [0, 0.1) is 13.8 Å². The number of sulfonamides is 1. The zero-order valence-electron chi connectivity index (χ0n) is 15.1. The predicted octanol–water partition coefficient (Wildman–Crippen LogP) is 2.47. The number of aromatic nitrogens is 2. The van der Waals surface area contributed by atoms with Crippen molar-refractivity contribution in [2.24, 2.45) is 0 Å². The van der Waals surface area contributed by atoms with Crippen molar-refractivity contribution in [2.75, 3.05) is 18.0 Å². The molecule has 0 unspecified atom stereocenters. The topological polar surface area (TPSA) is 67.2 Å². The number of aryl methyl sites for hydroxylation is 3. The van der Waals surface area contributed by atoms with Gasteiger partial charge in [0.25, 0.3) is 0 Å². The van der Waals surface area contributed by atoms with E-state index in [0.717, 1.165) is 25.9 Å². The molecule has 7 heteroatoms. The second-order valence-electron chi connectivity index (χ2n) is 6.66. The Balaban J connectivity index is 1.64. The van der Waals surface area contributed by atoms with E-state index in [-0.39, 0.29) is 10.9 Å². The molecular weight excluding hydrogens is 336 g/mol. The molecule has 0 atom stereocenters. The van der Waals surface area contributed by atoms with E-state index in [1.165, 1.54) is 11.3 Å². The number of nitrogens with zero attached hydrogens (tertiary/aromatic N) is 3. The Morgan fingerprint density at radius 2 is 1.96 bits per heavy atom. The van der Waals surface area contributed by atoms with Gasteiger partial charge in [-0.1, -0.05) is 12.1 Å². The molecule has 0 amide bonds. The van der Waals surface area contributed by atoms with Crippen LogP contribution < -0.4 is 9.62 Å². The molecule has 2 aromatic rings. The number of rotatable bonds is 5. The molecule has 0 bridgehead atoms. The molecule has 1 aromatic carbocycles. The van der Waals surface area contributed by atoms with Gasteiger partial charge in [-0.2, -0.15) is 5.10 Å². The second-order valence-corrected chi connectivity index (χ2v) is 8.34. The standard InChI is InChI=1S/C18H26N4O2S/c1-4-22-13-18(15(3)19-22)25(23,24)20-16-8-10-21(11-9-16)17-7-5-6-14(2)12-17/h5-7,12-13,16,20H,4,8-11H2,1-3H3. The van der Waals surface area contributed by atoms with Crippen molar-refractivity contribution in [3.05, 3.63) is 41.7 Å². The molecule has 3 rings (SSSR count). The minimum absolute atomic E-state index is 0.0320. The second kappa shape index (κ2) is 7.17. The highest BCUT2D eigenvalue weighted by molar-refractivity contribution is 7.89. The van der Waals surface area contributed by atoms with Crippen molar-refractivity contribution < 1.29 is 8.42 Å². The molecule has 25 heavy (non-hydrogen) atoms. The molecule has 0 spiro atoms. The summed E-state index contributed by atoms with van der Waals surface area (Å²) in [6.07, 6.45) is 3.21. The quantitative estimate of drug-likeness (QED) is 0.887. The van der Waals surface area contributed by atoms with E-state index in [1.807, 2.05) is 6.92 Å². The van der Waals surface area contributed by atoms with E-state index in [1.54, 1.807) is 17.8 Å². The predicted molar refractivity (Wildman–Crippen MR) is 99.4 cm³/mol. The summed E-state index contributed by atoms with van der Waals surface area (Å²) in [4.78, 5) is 2.61. The van der Waals surface area contributed by atoms with Gasteiger partial charge in [0.05, 0.1) is 5.69 Å². The summed E-state index contributed by atoms with van der Waals surface area (Å²) >= 11 is 0. The van der Waals surface area contributed by atoms with Crippen molar-refractivity contribution in [2.45, 2.75) is 51.1 Å². The molecule has 0 saturated carbocycles. The molecule has 1 fully saturated rings. The lowest BCUT2D eigenvalue weighted by Gasteiger charge is -2.34. The van der Waals surface area contributed by atoms with E-state index < -0.39 is 10.0 Å². The summed E-state index contributed by atoms with van der Waals surface area (Å²) in [5, 5.41) is 4.24. The van der Waals surface area contributed by atoms with Gasteiger partial charge in [-0.3, -0.25) is 4.68 Å². The van der Waals surface area contributed by atoms with E-state index in [9.17, 15) is 8.42 Å². The van der Waals surface area contributed by atoms with Crippen LogP contribution in [0.4, 0.5) is 5.69 Å². The molecule has 1 N–H and O–H groups in total. The maximum absolute atomic E-state index is 12.7. The van der Waals surface area contributed by atoms with Gasteiger partial charge in [-0.25, -0.2) is 13.1 Å². The van der Waals surface area contributed by atoms with Crippen molar-refractivity contribution in [3.8, 4) is 0 Å². The van der Waals surface area contributed by atoms with Gasteiger partial charge in [0.2, 0.25) is 10.0 Å². The zero-order chi connectivity index (χ0) is 18.0. The molecule has 6 nitrogen and oxygen atoms in total. The lowest BCUT2D eigenvalue weighted by molar-refractivity contribution is 0.460. The number of piperidine rings is 1. The van der Waals surface area contributed by atoms with Crippen LogP contribution in [0.3, 0.4) is 0 Å². The van der Waals surface area contributed by atoms with Gasteiger partial charge < -0.3 is 4.90 Å². The van der Waals surface area contributed by atoms with E-state index in [4.69, 9.17) is 0 Å². The van der Waals surface area contributed by atoms with Crippen LogP contribution >= 0.6 is 0 Å². The molecule has 1 saturated heterocycles. The number of anilines is 1. The van der Waals surface area contributed by atoms with Crippen LogP contribution in [-0.2, 0) is 16.6 Å². The molecular formula is C18H26N4O2S. The highest BCUT2D eigenvalue weighted by Crippen LogP contribution is 2.22. The molecule has 1 aromatic heterocycles. The van der Waals surface area contributed by atoms with E-state index in [2.05, 4.69) is 45.9 Å². The lowest BCUT2D eigenvalue weighted by Crippen LogP contribution is -2.44. The highest BCUT2D eigenvalue weighted by Gasteiger charge is 2.27. The Morgan fingerprint density at radius 1 is 1.24 bits per heavy atom. The average Bonchev–Trinajstić information content (AvgIpc) is 2.97. The van der Waals surface area contributed by atoms with Crippen LogP contribution in [-0.4, -0.2) is 37.3 Å². The first kappa shape index (κ1) is 17.9. The Hall–Kier alpha value is -1.86. The number of benzene rings is 1. The van der Waals surface area contributed by atoms with Crippen LogP contribution in [0.15, 0.2) is 35.4 Å². The maximum Gasteiger partial charge on any atom is 0.244 e. The monoisotopic (exact) mass is 362 g/mol. The molecule has 0 aliphatic carbocycles. The van der Waals surface area contributed by atoms with Crippen LogP contribution in [0.2, 0.25) is 0 Å². The Kier molecular flexibility index (Phi) is 5.15. The fourth-order valence-electron chi connectivity index (χ4n) is 3.29. The van der Waals surface area contributed by atoms with Gasteiger partial charge in [-0.15, -0.1) is 0 Å². The number of nitrogens with one attached hydrogen (secondary N) is 1. The van der Waals surface area contributed by atoms with Crippen LogP contribution in [0.25, 0.3) is 0 Å². The Bertz CT molecular complexity index is 837. The molecule has 136 valence electrons. The fourth-order valence-corrected chi connectivity index (χ4v) is 4.78. The van der Waals surface area contributed by atoms with Crippen molar-refractivity contribution >= 4 is 15.7 Å². The SMILES string of the molecule is CCn1cc(S(=O)(=O)NC2CCN(c3cccc(C)c3)CC2)c(C)n1. The van der Waals surface area contributed by atoms with Crippen molar-refractivity contribution in [1.29, 1.82) is 0 Å². The molecule has 1 aliphatic heterocycles. The normalized spacial score (nSPS) is 16.4.